The number of anilines is 1. The topological polar surface area (TPSA) is 46.9 Å². The number of hydrogen-bond donors (Lipinski definition) is 1. The molecule has 2 aromatic heterocycles. The van der Waals surface area contributed by atoms with Gasteiger partial charge in [0.1, 0.15) is 0 Å². The first-order valence-electron chi connectivity index (χ1n) is 10.3. The van der Waals surface area contributed by atoms with E-state index in [0.717, 1.165) is 41.2 Å². The molecule has 4 nitrogen and oxygen atoms in total. The van der Waals surface area contributed by atoms with E-state index in [4.69, 9.17) is 5.10 Å². The molecule has 0 saturated carbocycles. The number of thiophene rings is 1. The summed E-state index contributed by atoms with van der Waals surface area (Å²) in [6.45, 7) is 4.18. The first kappa shape index (κ1) is 18.8. The fraction of sp³-hybridized carbons (Fsp3) is 0.200. The van der Waals surface area contributed by atoms with E-state index in [9.17, 15) is 4.79 Å². The Morgan fingerprint density at radius 1 is 1.10 bits per heavy atom. The van der Waals surface area contributed by atoms with Gasteiger partial charge < -0.3 is 5.32 Å². The maximum absolute atomic E-state index is 12.9. The zero-order chi connectivity index (χ0) is 20.7. The number of aryl methyl sites for hydroxylation is 3. The second-order valence-electron chi connectivity index (χ2n) is 7.62. The Balaban J connectivity index is 1.47. The van der Waals surface area contributed by atoms with Crippen molar-refractivity contribution in [3.63, 3.8) is 0 Å². The number of nitrogens with zero attached hydrogens (tertiary/aromatic N) is 2. The number of rotatable bonds is 4. The van der Waals surface area contributed by atoms with Gasteiger partial charge in [-0.2, -0.15) is 5.10 Å². The molecule has 150 valence electrons. The summed E-state index contributed by atoms with van der Waals surface area (Å²) in [7, 11) is 0. The Morgan fingerprint density at radius 3 is 2.60 bits per heavy atom. The monoisotopic (exact) mass is 413 g/mol. The van der Waals surface area contributed by atoms with E-state index in [1.165, 1.54) is 27.3 Å². The molecule has 4 aromatic rings. The van der Waals surface area contributed by atoms with E-state index in [1.807, 2.05) is 30.3 Å². The van der Waals surface area contributed by atoms with E-state index < -0.39 is 0 Å². The number of hydrogen-bond acceptors (Lipinski definition) is 3. The van der Waals surface area contributed by atoms with Crippen LogP contribution in [0, 0.1) is 6.92 Å². The number of carbonyl (C=O) groups is 1. The highest BCUT2D eigenvalue weighted by Gasteiger charge is 2.27. The summed E-state index contributed by atoms with van der Waals surface area (Å²) in [5.74, 6) is -0.0479. The predicted molar refractivity (Wildman–Crippen MR) is 123 cm³/mol. The molecular formula is C25H23N3OS. The van der Waals surface area contributed by atoms with Crippen LogP contribution in [0.15, 0.2) is 60.7 Å². The van der Waals surface area contributed by atoms with Crippen molar-refractivity contribution in [3.05, 3.63) is 88.1 Å². The number of para-hydroxylation sites is 1. The van der Waals surface area contributed by atoms with Crippen molar-refractivity contribution in [2.75, 3.05) is 5.32 Å². The fourth-order valence-corrected chi connectivity index (χ4v) is 5.32. The van der Waals surface area contributed by atoms with Gasteiger partial charge in [-0.05, 0) is 67.6 Å². The summed E-state index contributed by atoms with van der Waals surface area (Å²) in [5, 5.41) is 7.86. The molecule has 0 spiro atoms. The largest absolute Gasteiger partial charge is 0.321 e. The molecule has 0 radical (unpaired) electrons. The van der Waals surface area contributed by atoms with E-state index >= 15 is 0 Å². The Bertz CT molecular complexity index is 1220. The minimum absolute atomic E-state index is 0.0479. The molecule has 1 amide bonds. The molecule has 0 unspecified atom stereocenters. The molecule has 1 aliphatic rings. The van der Waals surface area contributed by atoms with Crippen LogP contribution in [0.5, 0.6) is 0 Å². The first-order chi connectivity index (χ1) is 14.6. The normalized spacial score (nSPS) is 12.3. The van der Waals surface area contributed by atoms with Crippen molar-refractivity contribution in [1.82, 2.24) is 9.78 Å². The molecular weight excluding hydrogens is 390 g/mol. The molecule has 2 aromatic carbocycles. The van der Waals surface area contributed by atoms with Crippen molar-refractivity contribution in [2.45, 2.75) is 33.1 Å². The highest BCUT2D eigenvalue weighted by molar-refractivity contribution is 7.17. The van der Waals surface area contributed by atoms with Gasteiger partial charge in [0.05, 0.1) is 22.0 Å². The number of nitrogens with one attached hydrogen (secondary N) is 1. The summed E-state index contributed by atoms with van der Waals surface area (Å²) < 4.78 is 2.06. The third-order valence-corrected chi connectivity index (χ3v) is 6.86. The van der Waals surface area contributed by atoms with Crippen LogP contribution < -0.4 is 5.32 Å². The molecule has 0 fully saturated rings. The second-order valence-corrected chi connectivity index (χ2v) is 8.68. The van der Waals surface area contributed by atoms with Gasteiger partial charge in [0, 0.05) is 16.1 Å². The minimum atomic E-state index is -0.0479. The highest BCUT2D eigenvalue weighted by atomic mass is 32.1. The Hall–Kier alpha value is -3.18. The zero-order valence-corrected chi connectivity index (χ0v) is 17.9. The lowest BCUT2D eigenvalue weighted by Crippen LogP contribution is -2.10. The van der Waals surface area contributed by atoms with Crippen LogP contribution in [0.2, 0.25) is 0 Å². The summed E-state index contributed by atoms with van der Waals surface area (Å²) in [6.07, 6.45) is 2.84. The quantitative estimate of drug-likeness (QED) is 0.458. The summed E-state index contributed by atoms with van der Waals surface area (Å²) in [4.78, 5) is 14.8. The maximum atomic E-state index is 12.9. The molecule has 5 heteroatoms. The van der Waals surface area contributed by atoms with Crippen LogP contribution in [0.4, 0.5) is 5.69 Å². The third-order valence-electron chi connectivity index (χ3n) is 5.67. The number of amides is 1. The lowest BCUT2D eigenvalue weighted by Gasteiger charge is -2.14. The van der Waals surface area contributed by atoms with Gasteiger partial charge in [0.2, 0.25) is 0 Å². The SMILES string of the molecule is CCc1ccc(NC(=O)c2cc3c(s2)-c2c(C)nn(-c4ccccc4)c2CC3)cc1. The lowest BCUT2D eigenvalue weighted by atomic mass is 9.95. The van der Waals surface area contributed by atoms with E-state index in [1.54, 1.807) is 11.3 Å². The van der Waals surface area contributed by atoms with Gasteiger partial charge in [-0.1, -0.05) is 37.3 Å². The van der Waals surface area contributed by atoms with Crippen LogP contribution in [-0.2, 0) is 19.3 Å². The average Bonchev–Trinajstić information content (AvgIpc) is 3.36. The van der Waals surface area contributed by atoms with Gasteiger partial charge in [0.15, 0.2) is 0 Å². The summed E-state index contributed by atoms with van der Waals surface area (Å²) in [5.41, 5.74) is 7.85. The zero-order valence-electron chi connectivity index (χ0n) is 17.1. The smallest absolute Gasteiger partial charge is 0.265 e. The van der Waals surface area contributed by atoms with Crippen molar-refractivity contribution < 1.29 is 4.79 Å². The number of carbonyl (C=O) groups excluding carboxylic acids is 1. The van der Waals surface area contributed by atoms with Crippen LogP contribution in [-0.4, -0.2) is 15.7 Å². The number of aromatic nitrogens is 2. The molecule has 1 aliphatic carbocycles. The van der Waals surface area contributed by atoms with Crippen molar-refractivity contribution in [1.29, 1.82) is 0 Å². The Labute approximate surface area is 180 Å². The van der Waals surface area contributed by atoms with Crippen LogP contribution in [0.3, 0.4) is 0 Å². The average molecular weight is 414 g/mol. The lowest BCUT2D eigenvalue weighted by molar-refractivity contribution is 0.103. The number of benzene rings is 2. The third kappa shape index (κ3) is 3.25. The van der Waals surface area contributed by atoms with Gasteiger partial charge in [-0.3, -0.25) is 4.79 Å². The summed E-state index contributed by atoms with van der Waals surface area (Å²) >= 11 is 1.57. The van der Waals surface area contributed by atoms with Gasteiger partial charge in [0.25, 0.3) is 5.91 Å². The van der Waals surface area contributed by atoms with Crippen LogP contribution >= 0.6 is 11.3 Å². The molecule has 0 aliphatic heterocycles. The molecule has 1 N–H and O–H groups in total. The summed E-state index contributed by atoms with van der Waals surface area (Å²) in [6, 6.07) is 20.4. The van der Waals surface area contributed by atoms with E-state index in [2.05, 4.69) is 54.2 Å². The molecule has 2 heterocycles. The van der Waals surface area contributed by atoms with Gasteiger partial charge in [-0.15, -0.1) is 11.3 Å². The second kappa shape index (κ2) is 7.58. The number of fused-ring (bicyclic) bond motifs is 3. The van der Waals surface area contributed by atoms with Gasteiger partial charge in [-0.25, -0.2) is 4.68 Å². The fourth-order valence-electron chi connectivity index (χ4n) is 4.09. The highest BCUT2D eigenvalue weighted by Crippen LogP contribution is 2.42. The minimum Gasteiger partial charge on any atom is -0.321 e. The van der Waals surface area contributed by atoms with Crippen molar-refractivity contribution >= 4 is 22.9 Å². The molecule has 5 rings (SSSR count). The van der Waals surface area contributed by atoms with E-state index in [0.29, 0.717) is 0 Å². The molecule has 0 bridgehead atoms. The van der Waals surface area contributed by atoms with Crippen LogP contribution in [0.1, 0.15) is 39.1 Å². The first-order valence-corrected chi connectivity index (χ1v) is 11.1. The van der Waals surface area contributed by atoms with Gasteiger partial charge >= 0.3 is 0 Å². The van der Waals surface area contributed by atoms with E-state index in [-0.39, 0.29) is 5.91 Å². The maximum Gasteiger partial charge on any atom is 0.265 e. The molecule has 30 heavy (non-hydrogen) atoms. The molecule has 0 atom stereocenters. The Morgan fingerprint density at radius 2 is 1.87 bits per heavy atom. The molecule has 0 saturated heterocycles. The van der Waals surface area contributed by atoms with Crippen LogP contribution in [0.25, 0.3) is 16.1 Å². The predicted octanol–water partition coefficient (Wildman–Crippen LogP) is 5.82. The van der Waals surface area contributed by atoms with Crippen molar-refractivity contribution in [2.24, 2.45) is 0 Å². The van der Waals surface area contributed by atoms with Crippen molar-refractivity contribution in [3.8, 4) is 16.1 Å². The standard InChI is InChI=1S/C25H23N3OS/c1-3-17-9-12-19(13-10-17)26-25(29)22-15-18-11-14-21-23(24(18)30-22)16(2)27-28(21)20-7-5-4-6-8-20/h4-10,12-13,15H,3,11,14H2,1-2H3,(H,26,29). The Kier molecular flexibility index (Phi) is 4.75.